The Labute approximate surface area is 162 Å². The zero-order valence-electron chi connectivity index (χ0n) is 16.8. The molecular weight excluding hydrogens is 369 g/mol. The molecule has 1 heterocycles. The SMILES string of the molecule is CC(C)N(C(=O)[C@@H](C)[NH+]1CCN(S(=O)(=O)c2ccccc2F)CC1)C(C)C. The fourth-order valence-electron chi connectivity index (χ4n) is 3.74. The Morgan fingerprint density at radius 1 is 1.07 bits per heavy atom. The number of carbonyl (C=O) groups is 1. The third-order valence-corrected chi connectivity index (χ3v) is 7.10. The standard InChI is InChI=1S/C19H30FN3O3S/c1-14(2)23(15(3)4)19(24)16(5)21-10-12-22(13-11-21)27(25,26)18-9-7-6-8-17(18)20/h6-9,14-16H,10-13H2,1-5H3/p+1/t16-/m1/s1. The average molecular weight is 401 g/mol. The van der Waals surface area contributed by atoms with E-state index in [0.717, 1.165) is 11.0 Å². The Hall–Kier alpha value is -1.51. The summed E-state index contributed by atoms with van der Waals surface area (Å²) in [5, 5.41) is 0. The summed E-state index contributed by atoms with van der Waals surface area (Å²) in [6.07, 6.45) is 0. The highest BCUT2D eigenvalue weighted by Crippen LogP contribution is 2.19. The molecule has 0 bridgehead atoms. The van der Waals surface area contributed by atoms with Gasteiger partial charge in [0, 0.05) is 12.1 Å². The molecule has 1 saturated heterocycles. The van der Waals surface area contributed by atoms with Crippen molar-refractivity contribution in [1.82, 2.24) is 9.21 Å². The highest BCUT2D eigenvalue weighted by Gasteiger charge is 2.37. The van der Waals surface area contributed by atoms with Crippen LogP contribution in [0.4, 0.5) is 4.39 Å². The molecule has 0 radical (unpaired) electrons. The first kappa shape index (κ1) is 21.8. The molecule has 1 aromatic rings. The van der Waals surface area contributed by atoms with E-state index >= 15 is 0 Å². The van der Waals surface area contributed by atoms with Crippen LogP contribution < -0.4 is 4.90 Å². The number of rotatable bonds is 6. The molecule has 0 aromatic heterocycles. The number of nitrogens with zero attached hydrogens (tertiary/aromatic N) is 2. The fraction of sp³-hybridized carbons (Fsp3) is 0.632. The van der Waals surface area contributed by atoms with Gasteiger partial charge >= 0.3 is 0 Å². The van der Waals surface area contributed by atoms with Crippen LogP contribution in [0.15, 0.2) is 29.2 Å². The molecule has 0 saturated carbocycles. The minimum atomic E-state index is -3.86. The molecule has 152 valence electrons. The lowest BCUT2D eigenvalue weighted by atomic mass is 10.1. The van der Waals surface area contributed by atoms with Gasteiger partial charge in [-0.1, -0.05) is 12.1 Å². The van der Waals surface area contributed by atoms with Gasteiger partial charge in [-0.25, -0.2) is 12.8 Å². The second-order valence-electron chi connectivity index (χ2n) is 7.65. The summed E-state index contributed by atoms with van der Waals surface area (Å²) < 4.78 is 40.7. The van der Waals surface area contributed by atoms with Gasteiger partial charge in [-0.3, -0.25) is 4.79 Å². The molecule has 0 unspecified atom stereocenters. The highest BCUT2D eigenvalue weighted by molar-refractivity contribution is 7.89. The maximum absolute atomic E-state index is 13.9. The molecule has 0 aliphatic carbocycles. The summed E-state index contributed by atoms with van der Waals surface area (Å²) in [4.78, 5) is 15.5. The number of hydrogen-bond donors (Lipinski definition) is 1. The second kappa shape index (κ2) is 8.67. The summed E-state index contributed by atoms with van der Waals surface area (Å²) in [6.45, 7) is 11.5. The minimum absolute atomic E-state index is 0.0837. The van der Waals surface area contributed by atoms with E-state index in [0.29, 0.717) is 13.1 Å². The van der Waals surface area contributed by atoms with E-state index in [1.165, 1.54) is 22.5 Å². The number of carbonyl (C=O) groups excluding carboxylic acids is 1. The molecule has 2 rings (SSSR count). The van der Waals surface area contributed by atoms with E-state index in [4.69, 9.17) is 0 Å². The van der Waals surface area contributed by atoms with Crippen molar-refractivity contribution in [3.8, 4) is 0 Å². The molecule has 1 fully saturated rings. The van der Waals surface area contributed by atoms with Crippen molar-refractivity contribution >= 4 is 15.9 Å². The third-order valence-electron chi connectivity index (χ3n) is 5.17. The monoisotopic (exact) mass is 400 g/mol. The Balaban J connectivity index is 2.06. The molecule has 1 aliphatic heterocycles. The van der Waals surface area contributed by atoms with Crippen molar-refractivity contribution in [2.45, 2.75) is 57.6 Å². The van der Waals surface area contributed by atoms with Crippen LogP contribution in [0, 0.1) is 5.82 Å². The van der Waals surface area contributed by atoms with Crippen molar-refractivity contribution in [3.05, 3.63) is 30.1 Å². The number of hydrogen-bond acceptors (Lipinski definition) is 3. The predicted molar refractivity (Wildman–Crippen MR) is 102 cm³/mol. The molecule has 1 N–H and O–H groups in total. The van der Waals surface area contributed by atoms with Crippen LogP contribution in [0.1, 0.15) is 34.6 Å². The number of amides is 1. The van der Waals surface area contributed by atoms with E-state index in [1.807, 2.05) is 39.5 Å². The number of benzene rings is 1. The Morgan fingerprint density at radius 2 is 1.59 bits per heavy atom. The van der Waals surface area contributed by atoms with Gasteiger partial charge in [-0.05, 0) is 46.8 Å². The van der Waals surface area contributed by atoms with Crippen LogP contribution in [0.25, 0.3) is 0 Å². The summed E-state index contributed by atoms with van der Waals surface area (Å²) in [6, 6.07) is 5.42. The van der Waals surface area contributed by atoms with Crippen molar-refractivity contribution in [1.29, 1.82) is 0 Å². The van der Waals surface area contributed by atoms with Gasteiger partial charge in [0.1, 0.15) is 10.7 Å². The van der Waals surface area contributed by atoms with Crippen LogP contribution >= 0.6 is 0 Å². The summed E-state index contributed by atoms with van der Waals surface area (Å²) in [5.74, 6) is -0.652. The van der Waals surface area contributed by atoms with Crippen LogP contribution in [0.2, 0.25) is 0 Å². The molecule has 1 aliphatic rings. The number of sulfonamides is 1. The first-order valence-corrected chi connectivity index (χ1v) is 10.9. The largest absolute Gasteiger partial charge is 0.333 e. The Morgan fingerprint density at radius 3 is 2.07 bits per heavy atom. The van der Waals surface area contributed by atoms with E-state index < -0.39 is 15.8 Å². The van der Waals surface area contributed by atoms with E-state index in [9.17, 15) is 17.6 Å². The van der Waals surface area contributed by atoms with Gasteiger partial charge in [0.05, 0.1) is 26.2 Å². The molecule has 27 heavy (non-hydrogen) atoms. The molecule has 1 atom stereocenters. The third kappa shape index (κ3) is 4.67. The molecule has 1 aromatic carbocycles. The molecule has 1 amide bonds. The first-order valence-electron chi connectivity index (χ1n) is 9.48. The Bertz CT molecular complexity index is 751. The normalized spacial score (nSPS) is 18.1. The van der Waals surface area contributed by atoms with E-state index in [1.54, 1.807) is 0 Å². The van der Waals surface area contributed by atoms with Gasteiger partial charge in [0.25, 0.3) is 5.91 Å². The number of halogens is 1. The lowest BCUT2D eigenvalue weighted by Gasteiger charge is -2.38. The second-order valence-corrected chi connectivity index (χ2v) is 9.55. The molecule has 6 nitrogen and oxygen atoms in total. The van der Waals surface area contributed by atoms with Gasteiger partial charge in [-0.2, -0.15) is 4.31 Å². The molecule has 0 spiro atoms. The van der Waals surface area contributed by atoms with Crippen molar-refractivity contribution in [2.24, 2.45) is 0 Å². The Kier molecular flexibility index (Phi) is 6.99. The first-order chi connectivity index (χ1) is 12.6. The van der Waals surface area contributed by atoms with Gasteiger partial charge in [0.2, 0.25) is 10.0 Å². The highest BCUT2D eigenvalue weighted by atomic mass is 32.2. The minimum Gasteiger partial charge on any atom is -0.333 e. The van der Waals surface area contributed by atoms with Crippen LogP contribution in [0.3, 0.4) is 0 Å². The predicted octanol–water partition coefficient (Wildman–Crippen LogP) is 0.749. The smallest absolute Gasteiger partial charge is 0.281 e. The number of piperazine rings is 1. The van der Waals surface area contributed by atoms with E-state index in [2.05, 4.69) is 0 Å². The fourth-order valence-corrected chi connectivity index (χ4v) is 5.25. The van der Waals surface area contributed by atoms with E-state index in [-0.39, 0.29) is 42.0 Å². The zero-order valence-corrected chi connectivity index (χ0v) is 17.6. The molecular formula is C19H31FN3O3S+. The topological polar surface area (TPSA) is 62.1 Å². The number of quaternary nitrogens is 1. The average Bonchev–Trinajstić information content (AvgIpc) is 2.60. The van der Waals surface area contributed by atoms with Crippen LogP contribution in [0.5, 0.6) is 0 Å². The quantitative estimate of drug-likeness (QED) is 0.767. The van der Waals surface area contributed by atoms with Crippen LogP contribution in [-0.4, -0.2) is 67.8 Å². The summed E-state index contributed by atoms with van der Waals surface area (Å²) in [5.41, 5.74) is 0. The summed E-state index contributed by atoms with van der Waals surface area (Å²) in [7, 11) is -3.86. The zero-order chi connectivity index (χ0) is 20.4. The lowest BCUT2D eigenvalue weighted by Crippen LogP contribution is -3.19. The maximum Gasteiger partial charge on any atom is 0.281 e. The van der Waals surface area contributed by atoms with Gasteiger partial charge < -0.3 is 9.80 Å². The molecule has 8 heteroatoms. The van der Waals surface area contributed by atoms with Gasteiger partial charge in [0.15, 0.2) is 6.04 Å². The van der Waals surface area contributed by atoms with Gasteiger partial charge in [-0.15, -0.1) is 0 Å². The maximum atomic E-state index is 13.9. The van der Waals surface area contributed by atoms with Crippen molar-refractivity contribution in [3.63, 3.8) is 0 Å². The van der Waals surface area contributed by atoms with Crippen molar-refractivity contribution < 1.29 is 22.5 Å². The summed E-state index contributed by atoms with van der Waals surface area (Å²) >= 11 is 0. The van der Waals surface area contributed by atoms with Crippen LogP contribution in [-0.2, 0) is 14.8 Å². The number of nitrogens with one attached hydrogen (secondary N) is 1. The lowest BCUT2D eigenvalue weighted by molar-refractivity contribution is -0.918. The van der Waals surface area contributed by atoms with Crippen molar-refractivity contribution in [2.75, 3.05) is 26.2 Å².